The second-order valence-corrected chi connectivity index (χ2v) is 4.19. The van der Waals surface area contributed by atoms with Crippen molar-refractivity contribution >= 4 is 23.2 Å². The van der Waals surface area contributed by atoms with Crippen LogP contribution in [0, 0.1) is 11.8 Å². The highest BCUT2D eigenvalue weighted by molar-refractivity contribution is 6.30. The maximum absolute atomic E-state index is 12.9. The average Bonchev–Trinajstić information content (AvgIpc) is 2.43. The van der Waals surface area contributed by atoms with Gasteiger partial charge in [0.15, 0.2) is 6.61 Å². The first-order chi connectivity index (χ1) is 9.54. The number of rotatable bonds is 4. The van der Waals surface area contributed by atoms with E-state index in [0.717, 1.165) is 12.1 Å². The van der Waals surface area contributed by atoms with Gasteiger partial charge in [-0.2, -0.15) is 4.39 Å². The van der Waals surface area contributed by atoms with E-state index in [2.05, 4.69) is 10.3 Å². The number of nitrogens with one attached hydrogen (secondary N) is 1. The quantitative estimate of drug-likeness (QED) is 0.883. The van der Waals surface area contributed by atoms with E-state index in [1.54, 1.807) is 0 Å². The van der Waals surface area contributed by atoms with E-state index in [-0.39, 0.29) is 17.4 Å². The number of nitrogens with zero attached hydrogens (tertiary/aromatic N) is 1. The van der Waals surface area contributed by atoms with Crippen LogP contribution in [0.3, 0.4) is 0 Å². The summed E-state index contributed by atoms with van der Waals surface area (Å²) in [5, 5.41) is 2.37. The molecule has 0 saturated heterocycles. The lowest BCUT2D eigenvalue weighted by molar-refractivity contribution is -0.118. The molecule has 7 heteroatoms. The number of amides is 1. The van der Waals surface area contributed by atoms with Gasteiger partial charge in [0.25, 0.3) is 5.91 Å². The van der Waals surface area contributed by atoms with Gasteiger partial charge in [-0.1, -0.05) is 11.6 Å². The zero-order valence-electron chi connectivity index (χ0n) is 10.1. The minimum absolute atomic E-state index is 0.0920. The minimum atomic E-state index is -0.639. The fraction of sp³-hybridized carbons (Fsp3) is 0.0769. The first-order valence-corrected chi connectivity index (χ1v) is 5.91. The Kier molecular flexibility index (Phi) is 4.47. The summed E-state index contributed by atoms with van der Waals surface area (Å²) in [6.07, 6.45) is 1.18. The molecule has 0 radical (unpaired) electrons. The third-order valence-electron chi connectivity index (χ3n) is 2.27. The van der Waals surface area contributed by atoms with E-state index in [1.165, 1.54) is 24.4 Å². The van der Waals surface area contributed by atoms with Gasteiger partial charge in [-0.05, 0) is 24.3 Å². The van der Waals surface area contributed by atoms with Gasteiger partial charge in [-0.3, -0.25) is 4.79 Å². The van der Waals surface area contributed by atoms with Crippen LogP contribution in [0.15, 0.2) is 36.5 Å². The third kappa shape index (κ3) is 3.89. The molecular weight excluding hydrogens is 290 g/mol. The van der Waals surface area contributed by atoms with E-state index in [9.17, 15) is 13.6 Å². The van der Waals surface area contributed by atoms with Gasteiger partial charge in [-0.15, -0.1) is 0 Å². The van der Waals surface area contributed by atoms with Crippen LogP contribution in [-0.4, -0.2) is 17.5 Å². The Labute approximate surface area is 118 Å². The van der Waals surface area contributed by atoms with Gasteiger partial charge >= 0.3 is 0 Å². The lowest BCUT2D eigenvalue weighted by Crippen LogP contribution is -2.20. The molecule has 104 valence electrons. The molecule has 1 aromatic carbocycles. The van der Waals surface area contributed by atoms with E-state index >= 15 is 0 Å². The minimum Gasteiger partial charge on any atom is -0.484 e. The van der Waals surface area contributed by atoms with Gasteiger partial charge in [0, 0.05) is 6.07 Å². The number of pyridine rings is 1. The summed E-state index contributed by atoms with van der Waals surface area (Å²) in [4.78, 5) is 14.9. The summed E-state index contributed by atoms with van der Waals surface area (Å²) >= 11 is 5.57. The normalized spacial score (nSPS) is 10.2. The lowest BCUT2D eigenvalue weighted by Gasteiger charge is -2.07. The van der Waals surface area contributed by atoms with Crippen molar-refractivity contribution in [1.82, 2.24) is 4.98 Å². The number of carbonyl (C=O) groups is 1. The lowest BCUT2D eigenvalue weighted by atomic mass is 10.3. The Hall–Kier alpha value is -2.21. The Bertz CT molecular complexity index is 620. The van der Waals surface area contributed by atoms with E-state index < -0.39 is 17.7 Å². The molecule has 1 amide bonds. The molecule has 0 saturated carbocycles. The molecule has 2 rings (SSSR count). The van der Waals surface area contributed by atoms with Gasteiger partial charge in [0.05, 0.1) is 16.9 Å². The van der Waals surface area contributed by atoms with Crippen molar-refractivity contribution in [1.29, 1.82) is 0 Å². The molecule has 4 nitrogen and oxygen atoms in total. The van der Waals surface area contributed by atoms with Crippen molar-refractivity contribution in [3.05, 3.63) is 53.3 Å². The monoisotopic (exact) mass is 298 g/mol. The van der Waals surface area contributed by atoms with Gasteiger partial charge in [-0.25, -0.2) is 9.37 Å². The molecule has 0 spiro atoms. The van der Waals surface area contributed by atoms with Gasteiger partial charge in [0.1, 0.15) is 11.6 Å². The molecule has 0 bridgehead atoms. The Balaban J connectivity index is 1.88. The molecule has 0 aliphatic rings. The number of carbonyl (C=O) groups excluding carboxylic acids is 1. The van der Waals surface area contributed by atoms with Crippen LogP contribution in [-0.2, 0) is 4.79 Å². The van der Waals surface area contributed by atoms with Crippen LogP contribution in [0.5, 0.6) is 5.75 Å². The zero-order valence-corrected chi connectivity index (χ0v) is 10.8. The molecule has 0 atom stereocenters. The summed E-state index contributed by atoms with van der Waals surface area (Å²) in [6.45, 7) is -0.292. The highest BCUT2D eigenvalue weighted by Gasteiger charge is 2.06. The van der Waals surface area contributed by atoms with Crippen molar-refractivity contribution in [3.8, 4) is 5.75 Å². The SMILES string of the molecule is O=C(COc1ccc(F)c(Cl)c1)Nc1ccc(F)nc1. The Morgan fingerprint density at radius 3 is 2.75 bits per heavy atom. The first-order valence-electron chi connectivity index (χ1n) is 5.54. The van der Waals surface area contributed by atoms with Crippen LogP contribution in [0.4, 0.5) is 14.5 Å². The predicted molar refractivity (Wildman–Crippen MR) is 69.7 cm³/mol. The largest absolute Gasteiger partial charge is 0.484 e. The van der Waals surface area contributed by atoms with Crippen molar-refractivity contribution in [3.63, 3.8) is 0 Å². The molecule has 20 heavy (non-hydrogen) atoms. The van der Waals surface area contributed by atoms with E-state index in [4.69, 9.17) is 16.3 Å². The first kappa shape index (κ1) is 14.2. The number of ether oxygens (including phenoxy) is 1. The fourth-order valence-electron chi connectivity index (χ4n) is 1.36. The smallest absolute Gasteiger partial charge is 0.262 e. The van der Waals surface area contributed by atoms with Crippen molar-refractivity contribution in [2.45, 2.75) is 0 Å². The van der Waals surface area contributed by atoms with Gasteiger partial charge in [0.2, 0.25) is 5.95 Å². The van der Waals surface area contributed by atoms with Crippen LogP contribution in [0.2, 0.25) is 5.02 Å². The van der Waals surface area contributed by atoms with Crippen molar-refractivity contribution in [2.75, 3.05) is 11.9 Å². The number of anilines is 1. The second kappa shape index (κ2) is 6.29. The molecule has 0 aliphatic heterocycles. The third-order valence-corrected chi connectivity index (χ3v) is 2.56. The highest BCUT2D eigenvalue weighted by Crippen LogP contribution is 2.21. The maximum atomic E-state index is 12.9. The van der Waals surface area contributed by atoms with Crippen molar-refractivity contribution in [2.24, 2.45) is 0 Å². The fourth-order valence-corrected chi connectivity index (χ4v) is 1.53. The summed E-state index contributed by atoms with van der Waals surface area (Å²) in [5.41, 5.74) is 0.345. The molecular formula is C13H9ClF2N2O2. The van der Waals surface area contributed by atoms with Gasteiger partial charge < -0.3 is 10.1 Å². The molecule has 1 N–H and O–H groups in total. The molecule has 1 heterocycles. The molecule has 0 unspecified atom stereocenters. The molecule has 2 aromatic rings. The molecule has 0 aliphatic carbocycles. The zero-order chi connectivity index (χ0) is 14.5. The van der Waals surface area contributed by atoms with Crippen molar-refractivity contribution < 1.29 is 18.3 Å². The van der Waals surface area contributed by atoms with E-state index in [1.807, 2.05) is 0 Å². The van der Waals surface area contributed by atoms with Crippen LogP contribution in [0.25, 0.3) is 0 Å². The number of halogens is 3. The van der Waals surface area contributed by atoms with Crippen LogP contribution < -0.4 is 10.1 Å². The number of hydrogen-bond acceptors (Lipinski definition) is 3. The second-order valence-electron chi connectivity index (χ2n) is 3.78. The number of benzene rings is 1. The maximum Gasteiger partial charge on any atom is 0.262 e. The van der Waals surface area contributed by atoms with Crippen LogP contribution in [0.1, 0.15) is 0 Å². The molecule has 1 aromatic heterocycles. The average molecular weight is 299 g/mol. The number of aromatic nitrogens is 1. The molecule has 0 fully saturated rings. The summed E-state index contributed by atoms with van der Waals surface area (Å²) in [6, 6.07) is 6.25. The topological polar surface area (TPSA) is 51.2 Å². The summed E-state index contributed by atoms with van der Waals surface area (Å²) in [7, 11) is 0. The van der Waals surface area contributed by atoms with Crippen LogP contribution >= 0.6 is 11.6 Å². The summed E-state index contributed by atoms with van der Waals surface area (Å²) < 4.78 is 30.6. The summed E-state index contributed by atoms with van der Waals surface area (Å²) in [5.74, 6) is -1.40. The number of hydrogen-bond donors (Lipinski definition) is 1. The Morgan fingerprint density at radius 2 is 2.10 bits per heavy atom. The highest BCUT2D eigenvalue weighted by atomic mass is 35.5. The van der Waals surface area contributed by atoms with E-state index in [0.29, 0.717) is 5.69 Å². The Morgan fingerprint density at radius 1 is 1.30 bits per heavy atom. The standard InChI is InChI=1S/C13H9ClF2N2O2/c14-10-5-9(2-3-11(10)15)20-7-13(19)18-8-1-4-12(16)17-6-8/h1-6H,7H2,(H,18,19). The predicted octanol–water partition coefficient (Wildman–Crippen LogP) is 3.03.